The highest BCUT2D eigenvalue weighted by Gasteiger charge is 2.31. The van der Waals surface area contributed by atoms with E-state index in [1.165, 1.54) is 13.8 Å². The first-order valence-corrected chi connectivity index (χ1v) is 4.45. The van der Waals surface area contributed by atoms with Gasteiger partial charge in [-0.3, -0.25) is 0 Å². The zero-order valence-electron chi connectivity index (χ0n) is 8.56. The van der Waals surface area contributed by atoms with Crippen molar-refractivity contribution in [3.05, 3.63) is 35.9 Å². The van der Waals surface area contributed by atoms with E-state index in [9.17, 15) is 9.59 Å². The van der Waals surface area contributed by atoms with Crippen LogP contribution in [0.15, 0.2) is 30.3 Å². The van der Waals surface area contributed by atoms with Crippen LogP contribution in [0.4, 0.5) is 0 Å². The largest absolute Gasteiger partial charge is 0.478 e. The minimum atomic E-state index is -1.51. The number of hydrogen-bond acceptors (Lipinski definition) is 3. The first kappa shape index (κ1) is 11.2. The molecule has 0 heterocycles. The lowest BCUT2D eigenvalue weighted by Gasteiger charge is -2.19. The molecule has 15 heavy (non-hydrogen) atoms. The van der Waals surface area contributed by atoms with Crippen LogP contribution in [0.25, 0.3) is 0 Å². The van der Waals surface area contributed by atoms with Gasteiger partial charge in [-0.05, 0) is 26.0 Å². The first-order valence-electron chi connectivity index (χ1n) is 4.45. The number of esters is 1. The maximum absolute atomic E-state index is 11.5. The van der Waals surface area contributed by atoms with Gasteiger partial charge >= 0.3 is 11.9 Å². The molecule has 0 amide bonds. The van der Waals surface area contributed by atoms with E-state index in [1.54, 1.807) is 30.3 Å². The van der Waals surface area contributed by atoms with E-state index in [-0.39, 0.29) is 0 Å². The van der Waals surface area contributed by atoms with Gasteiger partial charge in [0, 0.05) is 0 Å². The minimum Gasteiger partial charge on any atom is -0.478 e. The third-order valence-electron chi connectivity index (χ3n) is 1.87. The van der Waals surface area contributed by atoms with Crippen molar-refractivity contribution >= 4 is 11.9 Å². The Labute approximate surface area is 87.5 Å². The number of aliphatic carboxylic acids is 1. The second-order valence-electron chi connectivity index (χ2n) is 3.57. The zero-order chi connectivity index (χ0) is 11.5. The number of carbonyl (C=O) groups is 2. The predicted molar refractivity (Wildman–Crippen MR) is 53.6 cm³/mol. The van der Waals surface area contributed by atoms with Crippen LogP contribution < -0.4 is 0 Å². The van der Waals surface area contributed by atoms with Crippen molar-refractivity contribution in [2.24, 2.45) is 0 Å². The van der Waals surface area contributed by atoms with Gasteiger partial charge in [-0.2, -0.15) is 0 Å². The van der Waals surface area contributed by atoms with Crippen LogP contribution in [0.5, 0.6) is 0 Å². The van der Waals surface area contributed by atoms with Gasteiger partial charge in [-0.15, -0.1) is 0 Å². The summed E-state index contributed by atoms with van der Waals surface area (Å²) >= 11 is 0. The van der Waals surface area contributed by atoms with Crippen LogP contribution in [0.1, 0.15) is 24.2 Å². The number of carboxylic acid groups (broad SMARTS) is 1. The van der Waals surface area contributed by atoms with E-state index in [1.807, 2.05) is 0 Å². The van der Waals surface area contributed by atoms with Gasteiger partial charge in [0.25, 0.3) is 0 Å². The summed E-state index contributed by atoms with van der Waals surface area (Å²) in [6.45, 7) is 2.66. The SMILES string of the molecule is CC(C)(OC(=O)c1ccccc1)C(=O)O. The minimum absolute atomic E-state index is 0.340. The molecule has 1 rings (SSSR count). The fourth-order valence-electron chi connectivity index (χ4n) is 0.909. The highest BCUT2D eigenvalue weighted by Crippen LogP contribution is 2.13. The van der Waals surface area contributed by atoms with Crippen molar-refractivity contribution < 1.29 is 19.4 Å². The van der Waals surface area contributed by atoms with Crippen LogP contribution in [-0.4, -0.2) is 22.6 Å². The quantitative estimate of drug-likeness (QED) is 0.768. The molecule has 0 saturated heterocycles. The molecule has 0 aromatic heterocycles. The average Bonchev–Trinajstić information content (AvgIpc) is 2.18. The molecule has 0 radical (unpaired) electrons. The van der Waals surface area contributed by atoms with Crippen molar-refractivity contribution in [1.29, 1.82) is 0 Å². The molecular formula is C11H12O4. The summed E-state index contributed by atoms with van der Waals surface area (Å²) in [4.78, 5) is 22.2. The molecule has 0 saturated carbocycles. The molecule has 4 nitrogen and oxygen atoms in total. The molecule has 0 aliphatic heterocycles. The highest BCUT2D eigenvalue weighted by atomic mass is 16.6. The second kappa shape index (κ2) is 4.13. The Morgan fingerprint density at radius 3 is 2.20 bits per heavy atom. The molecule has 0 aliphatic rings. The summed E-state index contributed by atoms with van der Waals surface area (Å²) in [6, 6.07) is 8.27. The van der Waals surface area contributed by atoms with Crippen LogP contribution in [0, 0.1) is 0 Å². The number of rotatable bonds is 3. The van der Waals surface area contributed by atoms with Gasteiger partial charge in [-0.25, -0.2) is 9.59 Å². The molecule has 0 atom stereocenters. The molecule has 0 unspecified atom stereocenters. The summed E-state index contributed by atoms with van der Waals surface area (Å²) in [5.41, 5.74) is -1.17. The molecule has 1 N–H and O–H groups in total. The normalized spacial score (nSPS) is 10.8. The summed E-state index contributed by atoms with van der Waals surface area (Å²) < 4.78 is 4.85. The third-order valence-corrected chi connectivity index (χ3v) is 1.87. The molecule has 0 bridgehead atoms. The summed E-state index contributed by atoms with van der Waals surface area (Å²) in [6.07, 6.45) is 0. The Kier molecular flexibility index (Phi) is 3.09. The molecule has 0 aliphatic carbocycles. The Morgan fingerprint density at radius 1 is 1.20 bits per heavy atom. The standard InChI is InChI=1S/C11H12O4/c1-11(2,10(13)14)15-9(12)8-6-4-3-5-7-8/h3-7H,1-2H3,(H,13,14). The molecular weight excluding hydrogens is 196 g/mol. The van der Waals surface area contributed by atoms with E-state index in [0.717, 1.165) is 0 Å². The van der Waals surface area contributed by atoms with E-state index in [2.05, 4.69) is 0 Å². The lowest BCUT2D eigenvalue weighted by atomic mass is 10.1. The van der Waals surface area contributed by atoms with E-state index in [4.69, 9.17) is 9.84 Å². The first-order chi connectivity index (χ1) is 6.93. The summed E-state index contributed by atoms with van der Waals surface area (Å²) in [5, 5.41) is 8.76. The number of carbonyl (C=O) groups excluding carboxylic acids is 1. The highest BCUT2D eigenvalue weighted by molar-refractivity contribution is 5.92. The zero-order valence-corrected chi connectivity index (χ0v) is 8.56. The Bertz CT molecular complexity index is 367. The van der Waals surface area contributed by atoms with Crippen molar-refractivity contribution in [1.82, 2.24) is 0 Å². The van der Waals surface area contributed by atoms with Crippen LogP contribution in [0.3, 0.4) is 0 Å². The van der Waals surface area contributed by atoms with Crippen molar-refractivity contribution in [2.45, 2.75) is 19.4 Å². The third kappa shape index (κ3) is 2.80. The van der Waals surface area contributed by atoms with Crippen LogP contribution in [0.2, 0.25) is 0 Å². The van der Waals surface area contributed by atoms with Gasteiger partial charge in [0.05, 0.1) is 5.56 Å². The van der Waals surface area contributed by atoms with Crippen molar-refractivity contribution in [3.8, 4) is 0 Å². The van der Waals surface area contributed by atoms with Gasteiger partial charge in [0.1, 0.15) is 0 Å². The maximum atomic E-state index is 11.5. The number of carboxylic acids is 1. The average molecular weight is 208 g/mol. The number of ether oxygens (including phenoxy) is 1. The smallest absolute Gasteiger partial charge is 0.347 e. The van der Waals surface area contributed by atoms with Gasteiger partial charge in [0.15, 0.2) is 0 Å². The molecule has 0 spiro atoms. The van der Waals surface area contributed by atoms with Gasteiger partial charge in [-0.1, -0.05) is 18.2 Å². The van der Waals surface area contributed by atoms with Gasteiger partial charge < -0.3 is 9.84 Å². The fourth-order valence-corrected chi connectivity index (χ4v) is 0.909. The molecule has 1 aromatic rings. The Balaban J connectivity index is 2.77. The van der Waals surface area contributed by atoms with E-state index >= 15 is 0 Å². The van der Waals surface area contributed by atoms with Crippen LogP contribution >= 0.6 is 0 Å². The second-order valence-corrected chi connectivity index (χ2v) is 3.57. The Hall–Kier alpha value is -1.84. The fraction of sp³-hybridized carbons (Fsp3) is 0.273. The predicted octanol–water partition coefficient (Wildman–Crippen LogP) is 1.71. The van der Waals surface area contributed by atoms with Gasteiger partial charge in [0.2, 0.25) is 5.60 Å². The molecule has 0 fully saturated rings. The number of benzene rings is 1. The monoisotopic (exact) mass is 208 g/mol. The lowest BCUT2D eigenvalue weighted by molar-refractivity contribution is -0.155. The van der Waals surface area contributed by atoms with Crippen molar-refractivity contribution in [2.75, 3.05) is 0 Å². The maximum Gasteiger partial charge on any atom is 0.347 e. The molecule has 1 aromatic carbocycles. The van der Waals surface area contributed by atoms with Crippen LogP contribution in [-0.2, 0) is 9.53 Å². The topological polar surface area (TPSA) is 63.6 Å². The van der Waals surface area contributed by atoms with E-state index in [0.29, 0.717) is 5.56 Å². The number of hydrogen-bond donors (Lipinski definition) is 1. The van der Waals surface area contributed by atoms with Crippen molar-refractivity contribution in [3.63, 3.8) is 0 Å². The van der Waals surface area contributed by atoms with E-state index < -0.39 is 17.5 Å². The summed E-state index contributed by atoms with van der Waals surface area (Å²) in [7, 11) is 0. The molecule has 80 valence electrons. The summed E-state index contributed by atoms with van der Waals surface area (Å²) in [5.74, 6) is -1.81. The lowest BCUT2D eigenvalue weighted by Crippen LogP contribution is -2.37. The molecule has 4 heteroatoms. The Morgan fingerprint density at radius 2 is 1.73 bits per heavy atom.